The quantitative estimate of drug-likeness (QED) is 0.145. The summed E-state index contributed by atoms with van der Waals surface area (Å²) < 4.78 is 45.9. The predicted octanol–water partition coefficient (Wildman–Crippen LogP) is 1.97. The van der Waals surface area contributed by atoms with Crippen molar-refractivity contribution in [3.05, 3.63) is 95.7 Å². The highest BCUT2D eigenvalue weighted by Crippen LogP contribution is 2.35. The largest absolute Gasteiger partial charge is 0.422 e. The van der Waals surface area contributed by atoms with Crippen LogP contribution < -0.4 is 23.4 Å². The van der Waals surface area contributed by atoms with Crippen molar-refractivity contribution < 1.29 is 42.8 Å². The molecule has 4 aromatic carbocycles. The van der Waals surface area contributed by atoms with E-state index in [4.69, 9.17) is 27.8 Å². The van der Waals surface area contributed by atoms with Gasteiger partial charge in [-0.25, -0.2) is 27.8 Å². The van der Waals surface area contributed by atoms with Gasteiger partial charge in [0.1, 0.15) is 5.75 Å². The van der Waals surface area contributed by atoms with E-state index in [2.05, 4.69) is 0 Å². The van der Waals surface area contributed by atoms with Gasteiger partial charge in [0.2, 0.25) is 0 Å². The summed E-state index contributed by atoms with van der Waals surface area (Å²) >= 11 is 0. The topological polar surface area (TPSA) is 130 Å². The van der Waals surface area contributed by atoms with Gasteiger partial charge in [-0.1, -0.05) is 54.6 Å². The summed E-state index contributed by atoms with van der Waals surface area (Å²) in [6.07, 6.45) is 3.81. The van der Waals surface area contributed by atoms with E-state index in [1.165, 1.54) is 0 Å². The number of ether oxygens (including phenoxy) is 1. The summed E-state index contributed by atoms with van der Waals surface area (Å²) in [5, 5.41) is 5.16. The zero-order valence-electron chi connectivity index (χ0n) is 17.4. The smallest absolute Gasteiger partial charge is 0.368 e. The molecule has 8 heteroatoms. The molecule has 0 bridgehead atoms. The molecule has 34 heavy (non-hydrogen) atoms. The Morgan fingerprint density at radius 2 is 1.32 bits per heavy atom. The number of fused-ring (bicyclic) bond motifs is 7. The van der Waals surface area contributed by atoms with Crippen LogP contribution in [0.2, 0.25) is 0 Å². The summed E-state index contributed by atoms with van der Waals surface area (Å²) in [5.41, 5.74) is 2.03. The molecular weight excluding hydrogens is 460 g/mol. The second-order valence-electron chi connectivity index (χ2n) is 7.52. The van der Waals surface area contributed by atoms with Crippen LogP contribution in [-0.2, 0) is 0 Å². The Hall–Kier alpha value is -3.85. The molecule has 6 rings (SSSR count). The SMILES string of the molecule is O=C1Oc2ccc3ccccc3c2/C=C\c2[o+]c3ccc4ccccc4c3cc21.[O-][Cl+3]([O-])([O-])[O-]. The number of hydrogen-bond acceptors (Lipinski definition) is 6. The lowest BCUT2D eigenvalue weighted by molar-refractivity contribution is -2.00. The highest BCUT2D eigenvalue weighted by atomic mass is 35.7. The summed E-state index contributed by atoms with van der Waals surface area (Å²) in [4.78, 5) is 13.0. The third kappa shape index (κ3) is 4.34. The first-order valence-corrected chi connectivity index (χ1v) is 11.3. The fraction of sp³-hybridized carbons (Fsp3) is 0. The number of hydrogen-bond donors (Lipinski definition) is 0. The maximum Gasteiger partial charge on any atom is 0.368 e. The van der Waals surface area contributed by atoms with Crippen LogP contribution in [0, 0.1) is 10.2 Å². The minimum Gasteiger partial charge on any atom is -0.422 e. The molecule has 1 aromatic heterocycles. The van der Waals surface area contributed by atoms with Crippen LogP contribution in [0.3, 0.4) is 0 Å². The zero-order valence-corrected chi connectivity index (χ0v) is 18.2. The Labute approximate surface area is 195 Å². The van der Waals surface area contributed by atoms with E-state index >= 15 is 0 Å². The van der Waals surface area contributed by atoms with E-state index in [-0.39, 0.29) is 0 Å². The van der Waals surface area contributed by atoms with Crippen molar-refractivity contribution in [3.8, 4) is 5.75 Å². The highest BCUT2D eigenvalue weighted by molar-refractivity contribution is 6.09. The van der Waals surface area contributed by atoms with Crippen LogP contribution in [-0.4, -0.2) is 5.97 Å². The molecular formula is C26H15ClO7. The second-order valence-corrected chi connectivity index (χ2v) is 8.28. The molecule has 0 spiro atoms. The van der Waals surface area contributed by atoms with Gasteiger partial charge in [-0.15, -0.1) is 10.2 Å². The third-order valence-corrected chi connectivity index (χ3v) is 5.46. The van der Waals surface area contributed by atoms with Crippen LogP contribution >= 0.6 is 0 Å². The summed E-state index contributed by atoms with van der Waals surface area (Å²) in [6, 6.07) is 25.8. The van der Waals surface area contributed by atoms with Gasteiger partial charge in [0.15, 0.2) is 5.56 Å². The molecule has 168 valence electrons. The summed E-state index contributed by atoms with van der Waals surface area (Å²) in [5.74, 6) is 0.629. The Kier molecular flexibility index (Phi) is 5.49. The standard InChI is InChI=1S/C26H15O3.ClHO4/c27-26-22-15-21-19-8-4-2-6-17(19)10-13-24(21)28-25(22)14-11-20-18-7-3-1-5-16(18)9-12-23(20)29-26;2-1(3,4)5/h1-15H;(H,2,3,4,5)/q+1;/p-1. The van der Waals surface area contributed by atoms with Crippen molar-refractivity contribution in [1.82, 2.24) is 0 Å². The predicted molar refractivity (Wildman–Crippen MR) is 116 cm³/mol. The molecule has 5 aromatic rings. The van der Waals surface area contributed by atoms with Crippen molar-refractivity contribution in [2.24, 2.45) is 0 Å². The van der Waals surface area contributed by atoms with Crippen LogP contribution in [0.4, 0.5) is 0 Å². The van der Waals surface area contributed by atoms with Gasteiger partial charge in [0.25, 0.3) is 0 Å². The number of rotatable bonds is 0. The molecule has 7 nitrogen and oxygen atoms in total. The van der Waals surface area contributed by atoms with Gasteiger partial charge in [-0.3, -0.25) is 0 Å². The summed E-state index contributed by atoms with van der Waals surface area (Å²) in [6.45, 7) is 0. The lowest BCUT2D eigenvalue weighted by Gasteiger charge is -2.17. The van der Waals surface area contributed by atoms with Crippen molar-refractivity contribution in [2.75, 3.05) is 0 Å². The second kappa shape index (κ2) is 8.49. The third-order valence-electron chi connectivity index (χ3n) is 5.46. The molecule has 1 aliphatic rings. The van der Waals surface area contributed by atoms with Crippen LogP contribution in [0.5, 0.6) is 5.75 Å². The first-order valence-electron chi connectivity index (χ1n) is 10.1. The molecule has 0 N–H and O–H groups in total. The van der Waals surface area contributed by atoms with E-state index in [0.29, 0.717) is 17.1 Å². The average molecular weight is 475 g/mol. The van der Waals surface area contributed by atoms with Gasteiger partial charge < -0.3 is 4.74 Å². The molecule has 2 heterocycles. The Bertz CT molecular complexity index is 1600. The molecule has 0 fully saturated rings. The number of esters is 1. The molecule has 0 unspecified atom stereocenters. The molecule has 0 atom stereocenters. The first kappa shape index (κ1) is 22.0. The molecule has 1 aliphatic heterocycles. The normalized spacial score (nSPS) is 13.8. The molecule has 0 saturated heterocycles. The maximum absolute atomic E-state index is 13.0. The molecule has 0 radical (unpaired) electrons. The van der Waals surface area contributed by atoms with Gasteiger partial charge in [0.05, 0.1) is 5.39 Å². The van der Waals surface area contributed by atoms with E-state index < -0.39 is 16.2 Å². The maximum atomic E-state index is 13.0. The lowest BCUT2D eigenvalue weighted by Crippen LogP contribution is -2.68. The number of carbonyl (C=O) groups is 1. The minimum atomic E-state index is -4.94. The number of benzene rings is 4. The highest BCUT2D eigenvalue weighted by Gasteiger charge is 2.27. The first-order chi connectivity index (χ1) is 16.3. The van der Waals surface area contributed by atoms with Crippen LogP contribution in [0.1, 0.15) is 21.7 Å². The lowest BCUT2D eigenvalue weighted by atomic mass is 10.0. The fourth-order valence-electron chi connectivity index (χ4n) is 4.04. The van der Waals surface area contributed by atoms with Crippen molar-refractivity contribution in [1.29, 1.82) is 0 Å². The van der Waals surface area contributed by atoms with Crippen LogP contribution in [0.15, 0.2) is 83.3 Å². The molecule has 0 amide bonds. The average Bonchev–Trinajstić information content (AvgIpc) is 2.80. The van der Waals surface area contributed by atoms with E-state index in [1.54, 1.807) is 0 Å². The van der Waals surface area contributed by atoms with Gasteiger partial charge >= 0.3 is 17.3 Å². The molecule has 0 saturated carbocycles. The van der Waals surface area contributed by atoms with E-state index in [1.807, 2.05) is 91.0 Å². The van der Waals surface area contributed by atoms with Crippen molar-refractivity contribution >= 4 is 50.6 Å². The molecule has 0 aliphatic carbocycles. The van der Waals surface area contributed by atoms with Crippen molar-refractivity contribution in [3.63, 3.8) is 0 Å². The van der Waals surface area contributed by atoms with Gasteiger partial charge in [-0.05, 0) is 45.8 Å². The van der Waals surface area contributed by atoms with Gasteiger partial charge in [-0.2, -0.15) is 0 Å². The Morgan fingerprint density at radius 1 is 0.706 bits per heavy atom. The van der Waals surface area contributed by atoms with Crippen LogP contribution in [0.25, 0.3) is 44.7 Å². The fourth-order valence-corrected chi connectivity index (χ4v) is 4.04. The monoisotopic (exact) mass is 474 g/mol. The minimum absolute atomic E-state index is 0.417. The van der Waals surface area contributed by atoms with E-state index in [0.717, 1.165) is 38.1 Å². The number of carbonyl (C=O) groups excluding carboxylic acids is 1. The van der Waals surface area contributed by atoms with Crippen molar-refractivity contribution in [2.45, 2.75) is 0 Å². The zero-order chi connectivity index (χ0) is 23.9. The van der Waals surface area contributed by atoms with Gasteiger partial charge in [0, 0.05) is 17.7 Å². The Morgan fingerprint density at radius 3 is 2.06 bits per heavy atom. The summed E-state index contributed by atoms with van der Waals surface area (Å²) in [7, 11) is -4.94. The Balaban J connectivity index is 0.000000439. The van der Waals surface area contributed by atoms with E-state index in [9.17, 15) is 4.79 Å². The number of halogens is 1.